The monoisotopic (exact) mass is 236 g/mol. The highest BCUT2D eigenvalue weighted by atomic mass is 16.5. The molecule has 0 aliphatic carbocycles. The van der Waals surface area contributed by atoms with Crippen LogP contribution in [0.1, 0.15) is 44.7 Å². The minimum absolute atomic E-state index is 0.168. The van der Waals surface area contributed by atoms with E-state index in [9.17, 15) is 5.11 Å². The van der Waals surface area contributed by atoms with Gasteiger partial charge in [0.25, 0.3) is 0 Å². The van der Waals surface area contributed by atoms with Gasteiger partial charge in [0.15, 0.2) is 0 Å². The highest BCUT2D eigenvalue weighted by Gasteiger charge is 2.09. The molecule has 0 saturated carbocycles. The summed E-state index contributed by atoms with van der Waals surface area (Å²) in [6, 6.07) is 6.33. The maximum absolute atomic E-state index is 9.24. The molecule has 0 fully saturated rings. The summed E-state index contributed by atoms with van der Waals surface area (Å²) in [7, 11) is 0. The quantitative estimate of drug-likeness (QED) is 0.820. The number of aliphatic hydroxyl groups excluding tert-OH is 1. The van der Waals surface area contributed by atoms with Crippen LogP contribution < -0.4 is 4.74 Å². The zero-order valence-corrected chi connectivity index (χ0v) is 11.4. The van der Waals surface area contributed by atoms with Crippen molar-refractivity contribution in [3.8, 4) is 5.75 Å². The number of benzene rings is 1. The van der Waals surface area contributed by atoms with Crippen LogP contribution in [0.5, 0.6) is 5.75 Å². The first-order valence-electron chi connectivity index (χ1n) is 6.44. The second-order valence-electron chi connectivity index (χ2n) is 5.02. The molecular weight excluding hydrogens is 212 g/mol. The Morgan fingerprint density at radius 2 is 1.88 bits per heavy atom. The van der Waals surface area contributed by atoms with E-state index >= 15 is 0 Å². The molecular formula is C15H24O2. The third-order valence-electron chi connectivity index (χ3n) is 2.79. The molecule has 0 radical (unpaired) electrons. The van der Waals surface area contributed by atoms with Crippen molar-refractivity contribution in [1.82, 2.24) is 0 Å². The van der Waals surface area contributed by atoms with E-state index < -0.39 is 0 Å². The summed E-state index contributed by atoms with van der Waals surface area (Å²) in [5.74, 6) is 1.71. The van der Waals surface area contributed by atoms with E-state index in [2.05, 4.69) is 26.0 Å². The second kappa shape index (κ2) is 6.65. The van der Waals surface area contributed by atoms with Crippen LogP contribution >= 0.6 is 0 Å². The lowest BCUT2D eigenvalue weighted by molar-refractivity contribution is 0.272. The Labute approximate surface area is 105 Å². The van der Waals surface area contributed by atoms with Gasteiger partial charge in [0.05, 0.1) is 6.61 Å². The fourth-order valence-electron chi connectivity index (χ4n) is 1.92. The topological polar surface area (TPSA) is 29.5 Å². The first-order chi connectivity index (χ1) is 8.06. The van der Waals surface area contributed by atoms with Crippen molar-refractivity contribution >= 4 is 0 Å². The Kier molecular flexibility index (Phi) is 5.49. The zero-order chi connectivity index (χ0) is 12.8. The van der Waals surface area contributed by atoms with Crippen LogP contribution in [0.3, 0.4) is 0 Å². The van der Waals surface area contributed by atoms with Crippen LogP contribution in [0, 0.1) is 5.92 Å². The molecule has 96 valence electrons. The summed E-state index contributed by atoms with van der Waals surface area (Å²) in [6.45, 7) is 9.30. The lowest BCUT2D eigenvalue weighted by Gasteiger charge is -2.14. The molecule has 1 aromatic rings. The van der Waals surface area contributed by atoms with Gasteiger partial charge in [0.1, 0.15) is 5.75 Å². The smallest absolute Gasteiger partial charge is 0.119 e. The third-order valence-corrected chi connectivity index (χ3v) is 2.79. The minimum Gasteiger partial charge on any atom is -0.494 e. The molecule has 0 aliphatic rings. The number of hydrogen-bond acceptors (Lipinski definition) is 2. The molecule has 0 saturated heterocycles. The van der Waals surface area contributed by atoms with Crippen molar-refractivity contribution in [3.63, 3.8) is 0 Å². The van der Waals surface area contributed by atoms with Gasteiger partial charge in [-0.25, -0.2) is 0 Å². The first-order valence-corrected chi connectivity index (χ1v) is 6.44. The van der Waals surface area contributed by atoms with Gasteiger partial charge in [-0.3, -0.25) is 0 Å². The van der Waals surface area contributed by atoms with E-state index in [1.807, 2.05) is 19.9 Å². The van der Waals surface area contributed by atoms with E-state index in [1.165, 1.54) is 5.56 Å². The molecule has 2 heteroatoms. The van der Waals surface area contributed by atoms with Crippen molar-refractivity contribution in [3.05, 3.63) is 29.3 Å². The molecule has 0 spiro atoms. The van der Waals surface area contributed by atoms with E-state index in [0.717, 1.165) is 17.7 Å². The normalized spacial score (nSPS) is 12.8. The van der Waals surface area contributed by atoms with Crippen LogP contribution in [0.15, 0.2) is 18.2 Å². The molecule has 1 rings (SSSR count). The number of rotatable bonds is 6. The zero-order valence-electron chi connectivity index (χ0n) is 11.4. The van der Waals surface area contributed by atoms with E-state index in [0.29, 0.717) is 12.5 Å². The molecule has 0 amide bonds. The molecule has 1 unspecified atom stereocenters. The maximum atomic E-state index is 9.24. The van der Waals surface area contributed by atoms with Crippen LogP contribution in [0.25, 0.3) is 0 Å². The molecule has 0 aliphatic heterocycles. The van der Waals surface area contributed by atoms with Gasteiger partial charge < -0.3 is 9.84 Å². The molecule has 17 heavy (non-hydrogen) atoms. The second-order valence-corrected chi connectivity index (χ2v) is 5.02. The number of ether oxygens (including phenoxy) is 1. The molecule has 1 N–H and O–H groups in total. The van der Waals surface area contributed by atoms with E-state index in [1.54, 1.807) is 0 Å². The fourth-order valence-corrected chi connectivity index (χ4v) is 1.92. The van der Waals surface area contributed by atoms with Gasteiger partial charge in [-0.15, -0.1) is 0 Å². The molecule has 2 nitrogen and oxygen atoms in total. The molecule has 1 aromatic carbocycles. The largest absolute Gasteiger partial charge is 0.494 e. The van der Waals surface area contributed by atoms with Gasteiger partial charge in [0.2, 0.25) is 0 Å². The summed E-state index contributed by atoms with van der Waals surface area (Å²) >= 11 is 0. The van der Waals surface area contributed by atoms with Crippen molar-refractivity contribution in [2.75, 3.05) is 13.2 Å². The predicted molar refractivity (Wildman–Crippen MR) is 71.7 cm³/mol. The molecule has 0 bridgehead atoms. The van der Waals surface area contributed by atoms with Crippen molar-refractivity contribution in [2.24, 2.45) is 5.92 Å². The summed E-state index contributed by atoms with van der Waals surface area (Å²) in [5, 5.41) is 9.24. The van der Waals surface area contributed by atoms with Gasteiger partial charge in [-0.05, 0) is 42.5 Å². The Balaban J connectivity index is 3.00. The number of hydrogen-bond donors (Lipinski definition) is 1. The molecule has 0 aromatic heterocycles. The lowest BCUT2D eigenvalue weighted by atomic mass is 9.95. The van der Waals surface area contributed by atoms with Crippen LogP contribution in [-0.2, 0) is 6.42 Å². The Hall–Kier alpha value is -1.02. The standard InChI is InChI=1S/C15H24O2/c1-5-17-15-8-13(6-11(2)3)7-14(9-15)12(4)10-16/h7-9,11-12,16H,5-6,10H2,1-4H3. The lowest BCUT2D eigenvalue weighted by Crippen LogP contribution is -2.03. The van der Waals surface area contributed by atoms with Gasteiger partial charge in [-0.1, -0.05) is 26.8 Å². The average Bonchev–Trinajstić information content (AvgIpc) is 2.27. The maximum Gasteiger partial charge on any atom is 0.119 e. The Bertz CT molecular complexity index is 345. The number of aliphatic hydroxyl groups is 1. The van der Waals surface area contributed by atoms with Crippen LogP contribution in [-0.4, -0.2) is 18.3 Å². The SMILES string of the molecule is CCOc1cc(CC(C)C)cc(C(C)CO)c1. The third kappa shape index (κ3) is 4.39. The van der Waals surface area contributed by atoms with Crippen molar-refractivity contribution in [1.29, 1.82) is 0 Å². The average molecular weight is 236 g/mol. The molecule has 0 heterocycles. The van der Waals surface area contributed by atoms with Crippen LogP contribution in [0.4, 0.5) is 0 Å². The first kappa shape index (κ1) is 14.0. The van der Waals surface area contributed by atoms with Gasteiger partial charge in [-0.2, -0.15) is 0 Å². The van der Waals surface area contributed by atoms with Crippen molar-refractivity contribution < 1.29 is 9.84 Å². The van der Waals surface area contributed by atoms with E-state index in [4.69, 9.17) is 4.74 Å². The Morgan fingerprint density at radius 1 is 1.18 bits per heavy atom. The van der Waals surface area contributed by atoms with Crippen molar-refractivity contribution in [2.45, 2.75) is 40.0 Å². The van der Waals surface area contributed by atoms with Gasteiger partial charge >= 0.3 is 0 Å². The molecule has 1 atom stereocenters. The minimum atomic E-state index is 0.168. The Morgan fingerprint density at radius 3 is 2.41 bits per heavy atom. The summed E-state index contributed by atoms with van der Waals surface area (Å²) < 4.78 is 5.58. The van der Waals surface area contributed by atoms with E-state index in [-0.39, 0.29) is 12.5 Å². The summed E-state index contributed by atoms with van der Waals surface area (Å²) in [6.07, 6.45) is 1.05. The van der Waals surface area contributed by atoms with Crippen LogP contribution in [0.2, 0.25) is 0 Å². The summed E-state index contributed by atoms with van der Waals surface area (Å²) in [4.78, 5) is 0. The highest BCUT2D eigenvalue weighted by Crippen LogP contribution is 2.24. The highest BCUT2D eigenvalue weighted by molar-refractivity contribution is 5.36. The predicted octanol–water partition coefficient (Wildman–Crippen LogP) is 3.38. The fraction of sp³-hybridized carbons (Fsp3) is 0.600. The summed E-state index contributed by atoms with van der Waals surface area (Å²) in [5.41, 5.74) is 2.45. The van der Waals surface area contributed by atoms with Gasteiger partial charge in [0, 0.05) is 12.5 Å².